The highest BCUT2D eigenvalue weighted by molar-refractivity contribution is 7.71. The van der Waals surface area contributed by atoms with Crippen LogP contribution < -0.4 is 14.2 Å². The molecule has 1 heterocycles. The lowest BCUT2D eigenvalue weighted by molar-refractivity contribution is 0.324. The topological polar surface area (TPSA) is 93.9 Å². The smallest absolute Gasteiger partial charge is 0.216 e. The maximum Gasteiger partial charge on any atom is 0.216 e. The van der Waals surface area contributed by atoms with Crippen LogP contribution in [-0.4, -0.2) is 47.5 Å². The molecule has 3 aromatic rings. The number of aromatic hydroxyl groups is 1. The van der Waals surface area contributed by atoms with Crippen molar-refractivity contribution in [1.82, 2.24) is 14.9 Å². The second-order valence-corrected chi connectivity index (χ2v) is 6.56. The fourth-order valence-corrected chi connectivity index (χ4v) is 3.13. The highest BCUT2D eigenvalue weighted by Gasteiger charge is 2.17. The van der Waals surface area contributed by atoms with E-state index in [0.717, 1.165) is 5.56 Å². The average Bonchev–Trinajstić information content (AvgIpc) is 3.13. The van der Waals surface area contributed by atoms with Crippen molar-refractivity contribution in [2.24, 2.45) is 5.10 Å². The zero-order valence-corrected chi connectivity index (χ0v) is 17.7. The SMILES string of the molecule is C=CCc1cccc(C=Nn2c(-c3cc(OC)c(OC)c(OC)c3)n[nH]c2=S)c1O. The summed E-state index contributed by atoms with van der Waals surface area (Å²) in [6.07, 6.45) is 3.80. The van der Waals surface area contributed by atoms with Gasteiger partial charge in [0, 0.05) is 11.1 Å². The number of aromatic amines is 1. The van der Waals surface area contributed by atoms with Gasteiger partial charge in [-0.05, 0) is 42.4 Å². The van der Waals surface area contributed by atoms with Gasteiger partial charge in [-0.2, -0.15) is 14.9 Å². The summed E-state index contributed by atoms with van der Waals surface area (Å²) in [5.41, 5.74) is 1.96. The Hall–Kier alpha value is -3.59. The van der Waals surface area contributed by atoms with E-state index in [2.05, 4.69) is 21.9 Å². The van der Waals surface area contributed by atoms with E-state index in [0.29, 0.717) is 40.6 Å². The molecule has 0 amide bonds. The van der Waals surface area contributed by atoms with Crippen molar-refractivity contribution in [1.29, 1.82) is 0 Å². The van der Waals surface area contributed by atoms with E-state index in [-0.39, 0.29) is 10.5 Å². The number of ether oxygens (including phenoxy) is 3. The standard InChI is InChI=1S/C21H22N4O4S/c1-5-7-13-8-6-9-14(18(13)26)12-22-25-20(23-24-21(25)30)15-10-16(27-2)19(29-4)17(11-15)28-3/h5-6,8-12,26H,1,7H2,2-4H3,(H,24,30). The zero-order chi connectivity index (χ0) is 21.7. The number of phenols is 1. The molecule has 0 unspecified atom stereocenters. The van der Waals surface area contributed by atoms with Gasteiger partial charge in [0.15, 0.2) is 17.3 Å². The maximum atomic E-state index is 10.5. The number of allylic oxidation sites excluding steroid dienone is 1. The number of rotatable bonds is 8. The quantitative estimate of drug-likeness (QED) is 0.322. The summed E-state index contributed by atoms with van der Waals surface area (Å²) < 4.78 is 17.9. The molecule has 8 nitrogen and oxygen atoms in total. The van der Waals surface area contributed by atoms with Gasteiger partial charge in [0.05, 0.1) is 27.5 Å². The predicted molar refractivity (Wildman–Crippen MR) is 118 cm³/mol. The summed E-state index contributed by atoms with van der Waals surface area (Å²) in [7, 11) is 4.61. The molecule has 0 spiro atoms. The number of phenolic OH excluding ortho intramolecular Hbond substituents is 1. The Morgan fingerprint density at radius 1 is 1.20 bits per heavy atom. The second-order valence-electron chi connectivity index (χ2n) is 6.17. The van der Waals surface area contributed by atoms with Gasteiger partial charge in [-0.25, -0.2) is 5.10 Å². The lowest BCUT2D eigenvalue weighted by Gasteiger charge is -2.13. The highest BCUT2D eigenvalue weighted by atomic mass is 32.1. The third kappa shape index (κ3) is 4.06. The van der Waals surface area contributed by atoms with E-state index >= 15 is 0 Å². The van der Waals surface area contributed by atoms with Crippen molar-refractivity contribution in [2.75, 3.05) is 21.3 Å². The molecule has 1 aromatic heterocycles. The van der Waals surface area contributed by atoms with Gasteiger partial charge < -0.3 is 19.3 Å². The molecule has 0 bridgehead atoms. The monoisotopic (exact) mass is 426 g/mol. The third-order valence-electron chi connectivity index (χ3n) is 4.40. The minimum absolute atomic E-state index is 0.144. The second kappa shape index (κ2) is 9.27. The van der Waals surface area contributed by atoms with E-state index in [1.54, 1.807) is 24.3 Å². The number of methoxy groups -OCH3 is 3. The van der Waals surface area contributed by atoms with Crippen molar-refractivity contribution < 1.29 is 19.3 Å². The molecule has 156 valence electrons. The summed E-state index contributed by atoms with van der Waals surface area (Å²) in [4.78, 5) is 0. The first-order chi connectivity index (χ1) is 14.5. The molecular weight excluding hydrogens is 404 g/mol. The Morgan fingerprint density at radius 2 is 1.90 bits per heavy atom. The average molecular weight is 426 g/mol. The largest absolute Gasteiger partial charge is 0.507 e. The number of hydrogen-bond donors (Lipinski definition) is 2. The summed E-state index contributed by atoms with van der Waals surface area (Å²) in [6, 6.07) is 8.93. The number of nitrogens with one attached hydrogen (secondary N) is 1. The van der Waals surface area contributed by atoms with E-state index in [1.165, 1.54) is 32.2 Å². The first-order valence-electron chi connectivity index (χ1n) is 8.97. The summed E-state index contributed by atoms with van der Waals surface area (Å²) in [6.45, 7) is 3.71. The number of hydrogen-bond acceptors (Lipinski definition) is 7. The molecule has 2 N–H and O–H groups in total. The van der Waals surface area contributed by atoms with Crippen LogP contribution in [0.1, 0.15) is 11.1 Å². The molecule has 0 aliphatic carbocycles. The van der Waals surface area contributed by atoms with Gasteiger partial charge in [0.2, 0.25) is 10.5 Å². The van der Waals surface area contributed by atoms with Crippen LogP contribution in [0.4, 0.5) is 0 Å². The van der Waals surface area contributed by atoms with Gasteiger partial charge in [-0.15, -0.1) is 6.58 Å². The molecular formula is C21H22N4O4S. The van der Waals surface area contributed by atoms with Crippen molar-refractivity contribution in [3.8, 4) is 34.4 Å². The van der Waals surface area contributed by atoms with Crippen molar-refractivity contribution in [3.05, 3.63) is 58.9 Å². The minimum atomic E-state index is 0.144. The Balaban J connectivity index is 2.07. The maximum absolute atomic E-state index is 10.5. The van der Waals surface area contributed by atoms with Crippen molar-refractivity contribution >= 4 is 18.4 Å². The third-order valence-corrected chi connectivity index (χ3v) is 4.66. The highest BCUT2D eigenvalue weighted by Crippen LogP contribution is 2.40. The molecule has 3 rings (SSSR count). The lowest BCUT2D eigenvalue weighted by Crippen LogP contribution is -1.99. The van der Waals surface area contributed by atoms with Gasteiger partial charge in [-0.3, -0.25) is 0 Å². The molecule has 0 saturated carbocycles. The first kappa shape index (κ1) is 21.1. The number of nitrogens with zero attached hydrogens (tertiary/aromatic N) is 3. The van der Waals surface area contributed by atoms with Gasteiger partial charge >= 0.3 is 0 Å². The van der Waals surface area contributed by atoms with Crippen LogP contribution >= 0.6 is 12.2 Å². The van der Waals surface area contributed by atoms with Crippen LogP contribution in [0.25, 0.3) is 11.4 Å². The molecule has 9 heteroatoms. The molecule has 2 aromatic carbocycles. The van der Waals surface area contributed by atoms with Gasteiger partial charge in [0.25, 0.3) is 0 Å². The Kier molecular flexibility index (Phi) is 6.53. The molecule has 0 radical (unpaired) electrons. The molecule has 0 fully saturated rings. The van der Waals surface area contributed by atoms with Crippen LogP contribution in [0.5, 0.6) is 23.0 Å². The lowest BCUT2D eigenvalue weighted by atomic mass is 10.1. The number of para-hydroxylation sites is 1. The van der Waals surface area contributed by atoms with E-state index < -0.39 is 0 Å². The van der Waals surface area contributed by atoms with Crippen LogP contribution in [0.3, 0.4) is 0 Å². The zero-order valence-electron chi connectivity index (χ0n) is 16.9. The van der Waals surface area contributed by atoms with Gasteiger partial charge in [0.1, 0.15) is 5.75 Å². The van der Waals surface area contributed by atoms with Crippen molar-refractivity contribution in [2.45, 2.75) is 6.42 Å². The molecule has 0 aliphatic heterocycles. The Morgan fingerprint density at radius 3 is 2.50 bits per heavy atom. The normalized spacial score (nSPS) is 10.9. The molecule has 0 atom stereocenters. The number of benzene rings is 2. The van der Waals surface area contributed by atoms with E-state index in [4.69, 9.17) is 26.4 Å². The fraction of sp³-hybridized carbons (Fsp3) is 0.190. The van der Waals surface area contributed by atoms with Crippen LogP contribution in [0.15, 0.2) is 48.1 Å². The fourth-order valence-electron chi connectivity index (χ4n) is 2.95. The Bertz CT molecular complexity index is 1130. The van der Waals surface area contributed by atoms with Crippen molar-refractivity contribution in [3.63, 3.8) is 0 Å². The van der Waals surface area contributed by atoms with Crippen LogP contribution in [0, 0.1) is 4.77 Å². The summed E-state index contributed by atoms with van der Waals surface area (Å²) in [5.74, 6) is 2.01. The van der Waals surface area contributed by atoms with Crippen LogP contribution in [0.2, 0.25) is 0 Å². The van der Waals surface area contributed by atoms with Gasteiger partial charge in [-0.1, -0.05) is 18.2 Å². The van der Waals surface area contributed by atoms with E-state index in [1.807, 2.05) is 12.1 Å². The summed E-state index contributed by atoms with van der Waals surface area (Å²) in [5, 5.41) is 21.9. The predicted octanol–water partition coefficient (Wildman–Crippen LogP) is 3.95. The molecule has 30 heavy (non-hydrogen) atoms. The first-order valence-corrected chi connectivity index (χ1v) is 9.38. The molecule has 0 saturated heterocycles. The Labute approximate surface area is 179 Å². The van der Waals surface area contributed by atoms with E-state index in [9.17, 15) is 5.11 Å². The molecule has 0 aliphatic rings. The minimum Gasteiger partial charge on any atom is -0.507 e. The number of aromatic nitrogens is 3. The summed E-state index contributed by atoms with van der Waals surface area (Å²) >= 11 is 5.33. The number of H-pyrrole nitrogens is 1. The van der Waals surface area contributed by atoms with Crippen LogP contribution in [-0.2, 0) is 6.42 Å².